The molecule has 2 heteroatoms. The normalized spacial score (nSPS) is 12.1. The molecule has 0 aliphatic rings. The number of methoxy groups -OCH3 is 1. The van der Waals surface area contributed by atoms with Crippen LogP contribution in [-0.4, -0.2) is 19.0 Å². The van der Waals surface area contributed by atoms with Crippen LogP contribution < -0.4 is 0 Å². The van der Waals surface area contributed by atoms with Gasteiger partial charge in [0.15, 0.2) is 0 Å². The standard InChI is InChI=1S/C9H14O2/c1-4-5-6-9(10)7-8(2)11-3/h1,8H,5-7H2,2-3H3. The van der Waals surface area contributed by atoms with E-state index in [9.17, 15) is 4.79 Å². The Bertz CT molecular complexity index is 155. The predicted octanol–water partition coefficient (Wildman–Crippen LogP) is 1.39. The van der Waals surface area contributed by atoms with Gasteiger partial charge in [-0.1, -0.05) is 0 Å². The highest BCUT2D eigenvalue weighted by Gasteiger charge is 2.06. The molecular formula is C9H14O2. The molecule has 0 rings (SSSR count). The Morgan fingerprint density at radius 3 is 2.82 bits per heavy atom. The third-order valence-electron chi connectivity index (χ3n) is 1.47. The van der Waals surface area contributed by atoms with Crippen molar-refractivity contribution in [2.45, 2.75) is 32.3 Å². The van der Waals surface area contributed by atoms with Crippen molar-refractivity contribution in [3.05, 3.63) is 0 Å². The van der Waals surface area contributed by atoms with Crippen LogP contribution >= 0.6 is 0 Å². The largest absolute Gasteiger partial charge is 0.381 e. The number of carbonyl (C=O) groups is 1. The molecule has 0 heterocycles. The van der Waals surface area contributed by atoms with Gasteiger partial charge in [0.2, 0.25) is 0 Å². The van der Waals surface area contributed by atoms with E-state index in [1.165, 1.54) is 0 Å². The molecule has 0 fully saturated rings. The maximum atomic E-state index is 11.0. The maximum absolute atomic E-state index is 11.0. The molecule has 11 heavy (non-hydrogen) atoms. The number of hydrogen-bond donors (Lipinski definition) is 0. The molecule has 0 saturated carbocycles. The first-order valence-electron chi connectivity index (χ1n) is 3.68. The van der Waals surface area contributed by atoms with E-state index >= 15 is 0 Å². The van der Waals surface area contributed by atoms with E-state index in [1.807, 2.05) is 6.92 Å². The zero-order valence-electron chi connectivity index (χ0n) is 7.09. The van der Waals surface area contributed by atoms with Gasteiger partial charge in [0.1, 0.15) is 5.78 Å². The summed E-state index contributed by atoms with van der Waals surface area (Å²) in [6.45, 7) is 1.87. The molecule has 0 saturated heterocycles. The number of hydrogen-bond acceptors (Lipinski definition) is 2. The third kappa shape index (κ3) is 5.63. The summed E-state index contributed by atoms with van der Waals surface area (Å²) in [5.74, 6) is 2.61. The van der Waals surface area contributed by atoms with Gasteiger partial charge < -0.3 is 4.74 Å². The van der Waals surface area contributed by atoms with E-state index in [4.69, 9.17) is 11.2 Å². The fourth-order valence-electron chi connectivity index (χ4n) is 0.718. The molecule has 0 aromatic carbocycles. The molecule has 0 aliphatic carbocycles. The highest BCUT2D eigenvalue weighted by molar-refractivity contribution is 5.79. The molecule has 0 aliphatic heterocycles. The summed E-state index contributed by atoms with van der Waals surface area (Å²) in [7, 11) is 1.60. The van der Waals surface area contributed by atoms with Crippen LogP contribution in [0.5, 0.6) is 0 Å². The molecule has 0 N–H and O–H groups in total. The van der Waals surface area contributed by atoms with Gasteiger partial charge in [0.05, 0.1) is 6.10 Å². The summed E-state index contributed by atoms with van der Waals surface area (Å²) >= 11 is 0. The quantitative estimate of drug-likeness (QED) is 0.559. The fourth-order valence-corrected chi connectivity index (χ4v) is 0.718. The molecule has 0 aromatic rings. The summed E-state index contributed by atoms with van der Waals surface area (Å²) in [6.07, 6.45) is 6.50. The average molecular weight is 154 g/mol. The lowest BCUT2D eigenvalue weighted by Gasteiger charge is -2.06. The van der Waals surface area contributed by atoms with Gasteiger partial charge in [0.25, 0.3) is 0 Å². The Morgan fingerprint density at radius 2 is 2.36 bits per heavy atom. The summed E-state index contributed by atoms with van der Waals surface area (Å²) in [5, 5.41) is 0. The zero-order valence-corrected chi connectivity index (χ0v) is 7.09. The van der Waals surface area contributed by atoms with E-state index in [-0.39, 0.29) is 11.9 Å². The second-order valence-electron chi connectivity index (χ2n) is 2.49. The van der Waals surface area contributed by atoms with Gasteiger partial charge >= 0.3 is 0 Å². The van der Waals surface area contributed by atoms with Crippen molar-refractivity contribution in [3.63, 3.8) is 0 Å². The second-order valence-corrected chi connectivity index (χ2v) is 2.49. The summed E-state index contributed by atoms with van der Waals surface area (Å²) < 4.78 is 4.93. The van der Waals surface area contributed by atoms with E-state index in [0.29, 0.717) is 19.3 Å². The van der Waals surface area contributed by atoms with Crippen molar-refractivity contribution in [1.82, 2.24) is 0 Å². The Balaban J connectivity index is 3.45. The van der Waals surface area contributed by atoms with Crippen molar-refractivity contribution in [2.24, 2.45) is 0 Å². The average Bonchev–Trinajstić information content (AvgIpc) is 2.00. The van der Waals surface area contributed by atoms with Crippen LogP contribution in [-0.2, 0) is 9.53 Å². The van der Waals surface area contributed by atoms with Crippen LogP contribution in [0.4, 0.5) is 0 Å². The number of terminal acetylenes is 1. The summed E-state index contributed by atoms with van der Waals surface area (Å²) in [5.41, 5.74) is 0. The van der Waals surface area contributed by atoms with Crippen LogP contribution in [0.25, 0.3) is 0 Å². The summed E-state index contributed by atoms with van der Waals surface area (Å²) in [4.78, 5) is 11.0. The van der Waals surface area contributed by atoms with Crippen molar-refractivity contribution in [1.29, 1.82) is 0 Å². The van der Waals surface area contributed by atoms with Crippen LogP contribution in [0.3, 0.4) is 0 Å². The third-order valence-corrected chi connectivity index (χ3v) is 1.47. The number of rotatable bonds is 5. The van der Waals surface area contributed by atoms with Gasteiger partial charge in [-0.3, -0.25) is 4.79 Å². The number of ether oxygens (including phenoxy) is 1. The second kappa shape index (κ2) is 5.94. The molecule has 0 bridgehead atoms. The Morgan fingerprint density at radius 1 is 1.73 bits per heavy atom. The first kappa shape index (κ1) is 10.2. The fraction of sp³-hybridized carbons (Fsp3) is 0.667. The van der Waals surface area contributed by atoms with Crippen LogP contribution in [0.15, 0.2) is 0 Å². The molecule has 0 radical (unpaired) electrons. The van der Waals surface area contributed by atoms with Crippen LogP contribution in [0.1, 0.15) is 26.2 Å². The number of carbonyl (C=O) groups excluding carboxylic acids is 1. The highest BCUT2D eigenvalue weighted by atomic mass is 16.5. The van der Waals surface area contributed by atoms with Crippen LogP contribution in [0, 0.1) is 12.3 Å². The van der Waals surface area contributed by atoms with Gasteiger partial charge in [-0.2, -0.15) is 0 Å². The van der Waals surface area contributed by atoms with E-state index in [0.717, 1.165) is 0 Å². The van der Waals surface area contributed by atoms with Gasteiger partial charge in [0, 0.05) is 26.4 Å². The number of ketones is 1. The first-order chi connectivity index (χ1) is 5.20. The van der Waals surface area contributed by atoms with Crippen molar-refractivity contribution >= 4 is 5.78 Å². The van der Waals surface area contributed by atoms with E-state index < -0.39 is 0 Å². The topological polar surface area (TPSA) is 26.3 Å². The molecule has 0 amide bonds. The van der Waals surface area contributed by atoms with Gasteiger partial charge in [-0.15, -0.1) is 12.3 Å². The predicted molar refractivity (Wildman–Crippen MR) is 44.2 cm³/mol. The molecule has 62 valence electrons. The monoisotopic (exact) mass is 154 g/mol. The minimum atomic E-state index is 0.0141. The highest BCUT2D eigenvalue weighted by Crippen LogP contribution is 2.00. The molecule has 2 nitrogen and oxygen atoms in total. The van der Waals surface area contributed by atoms with Gasteiger partial charge in [-0.25, -0.2) is 0 Å². The lowest BCUT2D eigenvalue weighted by Crippen LogP contribution is -2.11. The lowest BCUT2D eigenvalue weighted by atomic mass is 10.1. The van der Waals surface area contributed by atoms with Gasteiger partial charge in [-0.05, 0) is 6.92 Å². The molecule has 0 aromatic heterocycles. The smallest absolute Gasteiger partial charge is 0.136 e. The lowest BCUT2D eigenvalue weighted by molar-refractivity contribution is -0.121. The minimum absolute atomic E-state index is 0.0141. The first-order valence-corrected chi connectivity index (χ1v) is 3.68. The van der Waals surface area contributed by atoms with Crippen molar-refractivity contribution < 1.29 is 9.53 Å². The minimum Gasteiger partial charge on any atom is -0.381 e. The molecule has 1 unspecified atom stereocenters. The van der Waals surface area contributed by atoms with Crippen LogP contribution in [0.2, 0.25) is 0 Å². The zero-order chi connectivity index (χ0) is 8.69. The molecular weight excluding hydrogens is 140 g/mol. The van der Waals surface area contributed by atoms with Crippen molar-refractivity contribution in [2.75, 3.05) is 7.11 Å². The molecule has 1 atom stereocenters. The molecule has 0 spiro atoms. The maximum Gasteiger partial charge on any atom is 0.136 e. The SMILES string of the molecule is C#CCCC(=O)CC(C)OC. The Hall–Kier alpha value is -0.810. The van der Waals surface area contributed by atoms with E-state index in [1.54, 1.807) is 7.11 Å². The number of Topliss-reactive ketones (excluding diaryl/α,β-unsaturated/α-hetero) is 1. The Kier molecular flexibility index (Phi) is 5.50. The summed E-state index contributed by atoms with van der Waals surface area (Å²) in [6, 6.07) is 0. The van der Waals surface area contributed by atoms with E-state index in [2.05, 4.69) is 5.92 Å². The Labute approximate surface area is 67.9 Å². The van der Waals surface area contributed by atoms with Crippen molar-refractivity contribution in [3.8, 4) is 12.3 Å².